The SMILES string of the molecule is CC(C)(C)OC(=O)N1CCC[C@H]1C(=O)OCC(=O)c1cnc(Cl)nc1. The third-order valence-corrected chi connectivity index (χ3v) is 3.64. The first-order chi connectivity index (χ1) is 11.7. The minimum Gasteiger partial charge on any atom is -0.456 e. The van der Waals surface area contributed by atoms with E-state index in [-0.39, 0.29) is 10.8 Å². The molecule has 0 unspecified atom stereocenters. The number of carbonyl (C=O) groups excluding carboxylic acids is 3. The third-order valence-electron chi connectivity index (χ3n) is 3.44. The van der Waals surface area contributed by atoms with Gasteiger partial charge >= 0.3 is 12.1 Å². The summed E-state index contributed by atoms with van der Waals surface area (Å²) in [6.07, 6.45) is 3.08. The first-order valence-corrected chi connectivity index (χ1v) is 8.22. The van der Waals surface area contributed by atoms with Gasteiger partial charge in [0.05, 0.1) is 5.56 Å². The van der Waals surface area contributed by atoms with Crippen molar-refractivity contribution in [2.75, 3.05) is 13.2 Å². The van der Waals surface area contributed by atoms with Gasteiger partial charge in [-0.05, 0) is 45.2 Å². The minimum atomic E-state index is -0.746. The largest absolute Gasteiger partial charge is 0.456 e. The van der Waals surface area contributed by atoms with Crippen LogP contribution < -0.4 is 0 Å². The number of hydrogen-bond donors (Lipinski definition) is 0. The number of ketones is 1. The Balaban J connectivity index is 1.92. The second-order valence-corrected chi connectivity index (χ2v) is 6.94. The molecule has 0 saturated carbocycles. The predicted molar refractivity (Wildman–Crippen MR) is 88.3 cm³/mol. The molecular formula is C16H20ClN3O5. The Morgan fingerprint density at radius 1 is 1.28 bits per heavy atom. The van der Waals surface area contributed by atoms with Gasteiger partial charge in [0, 0.05) is 18.9 Å². The summed E-state index contributed by atoms with van der Waals surface area (Å²) in [4.78, 5) is 45.1. The minimum absolute atomic E-state index is 0.0208. The maximum Gasteiger partial charge on any atom is 0.411 e. The lowest BCUT2D eigenvalue weighted by Crippen LogP contribution is -2.44. The average molecular weight is 370 g/mol. The van der Waals surface area contributed by atoms with Crippen LogP contribution in [0.5, 0.6) is 0 Å². The van der Waals surface area contributed by atoms with Gasteiger partial charge in [-0.2, -0.15) is 0 Å². The summed E-state index contributed by atoms with van der Waals surface area (Å²) < 4.78 is 10.3. The van der Waals surface area contributed by atoms with Gasteiger partial charge in [-0.1, -0.05) is 0 Å². The zero-order valence-corrected chi connectivity index (χ0v) is 15.1. The third kappa shape index (κ3) is 5.38. The van der Waals surface area contributed by atoms with E-state index in [9.17, 15) is 14.4 Å². The molecule has 1 aromatic heterocycles. The number of rotatable bonds is 4. The molecule has 0 aromatic carbocycles. The van der Waals surface area contributed by atoms with Crippen LogP contribution in [-0.2, 0) is 14.3 Å². The van der Waals surface area contributed by atoms with Crippen LogP contribution in [0.3, 0.4) is 0 Å². The molecule has 1 aliphatic heterocycles. The monoisotopic (exact) mass is 369 g/mol. The van der Waals surface area contributed by atoms with Gasteiger partial charge < -0.3 is 9.47 Å². The van der Waals surface area contributed by atoms with Gasteiger partial charge in [0.1, 0.15) is 11.6 Å². The first-order valence-electron chi connectivity index (χ1n) is 7.84. The Bertz CT molecular complexity index is 657. The summed E-state index contributed by atoms with van der Waals surface area (Å²) in [5.41, 5.74) is -0.466. The Hall–Kier alpha value is -2.22. The molecule has 8 nitrogen and oxygen atoms in total. The average Bonchev–Trinajstić information content (AvgIpc) is 3.01. The molecule has 0 aliphatic carbocycles. The molecule has 1 aliphatic rings. The molecule has 0 spiro atoms. The molecule has 2 rings (SSSR count). The Kier molecular flexibility index (Phi) is 5.94. The summed E-state index contributed by atoms with van der Waals surface area (Å²) in [6, 6.07) is -0.746. The topological polar surface area (TPSA) is 98.7 Å². The molecule has 136 valence electrons. The van der Waals surface area contributed by atoms with Gasteiger partial charge in [-0.15, -0.1) is 0 Å². The smallest absolute Gasteiger partial charge is 0.411 e. The van der Waals surface area contributed by atoms with Crippen molar-refractivity contribution in [3.05, 3.63) is 23.2 Å². The number of carbonyl (C=O) groups is 3. The molecule has 1 saturated heterocycles. The highest BCUT2D eigenvalue weighted by molar-refractivity contribution is 6.28. The zero-order valence-electron chi connectivity index (χ0n) is 14.3. The van der Waals surface area contributed by atoms with Crippen molar-refractivity contribution in [3.8, 4) is 0 Å². The molecule has 25 heavy (non-hydrogen) atoms. The van der Waals surface area contributed by atoms with Crippen molar-refractivity contribution in [3.63, 3.8) is 0 Å². The first kappa shape index (κ1) is 19.1. The van der Waals surface area contributed by atoms with Crippen molar-refractivity contribution < 1.29 is 23.9 Å². The highest BCUT2D eigenvalue weighted by Gasteiger charge is 2.37. The maximum atomic E-state index is 12.2. The fourth-order valence-corrected chi connectivity index (χ4v) is 2.42. The van der Waals surface area contributed by atoms with Crippen molar-refractivity contribution in [2.45, 2.75) is 45.3 Å². The van der Waals surface area contributed by atoms with E-state index in [0.29, 0.717) is 19.4 Å². The zero-order chi connectivity index (χ0) is 18.6. The molecule has 9 heteroatoms. The van der Waals surface area contributed by atoms with Gasteiger partial charge in [0.2, 0.25) is 11.1 Å². The van der Waals surface area contributed by atoms with Crippen LogP contribution in [0, 0.1) is 0 Å². The fourth-order valence-electron chi connectivity index (χ4n) is 2.32. The van der Waals surface area contributed by atoms with Crippen LogP contribution >= 0.6 is 11.6 Å². The molecule has 1 atom stereocenters. The summed E-state index contributed by atoms with van der Waals surface area (Å²) >= 11 is 5.55. The highest BCUT2D eigenvalue weighted by Crippen LogP contribution is 2.21. The van der Waals surface area contributed by atoms with E-state index in [4.69, 9.17) is 21.1 Å². The normalized spacial score (nSPS) is 17.3. The van der Waals surface area contributed by atoms with Crippen molar-refractivity contribution in [1.82, 2.24) is 14.9 Å². The Labute approximate surface area is 150 Å². The van der Waals surface area contributed by atoms with Crippen LogP contribution in [0.2, 0.25) is 5.28 Å². The molecule has 1 aromatic rings. The van der Waals surface area contributed by atoms with Crippen LogP contribution in [0.1, 0.15) is 44.0 Å². The molecular weight excluding hydrogens is 350 g/mol. The number of hydrogen-bond acceptors (Lipinski definition) is 7. The Morgan fingerprint density at radius 2 is 1.92 bits per heavy atom. The van der Waals surface area contributed by atoms with Crippen molar-refractivity contribution >= 4 is 29.4 Å². The van der Waals surface area contributed by atoms with E-state index in [1.807, 2.05) is 0 Å². The quantitative estimate of drug-likeness (QED) is 0.456. The molecule has 0 radical (unpaired) electrons. The lowest BCUT2D eigenvalue weighted by Gasteiger charge is -2.27. The molecule has 0 bridgehead atoms. The maximum absolute atomic E-state index is 12.2. The number of likely N-dealkylation sites (tertiary alicyclic amines) is 1. The number of esters is 1. The fraction of sp³-hybridized carbons (Fsp3) is 0.562. The second kappa shape index (κ2) is 7.77. The van der Waals surface area contributed by atoms with Gasteiger partial charge in [-0.25, -0.2) is 19.6 Å². The van der Waals surface area contributed by atoms with Gasteiger partial charge in [0.25, 0.3) is 0 Å². The summed E-state index contributed by atoms with van der Waals surface area (Å²) in [6.45, 7) is 5.21. The Morgan fingerprint density at radius 3 is 2.52 bits per heavy atom. The summed E-state index contributed by atoms with van der Waals surface area (Å²) in [7, 11) is 0. The number of aromatic nitrogens is 2. The number of ether oxygens (including phenoxy) is 2. The molecule has 2 heterocycles. The van der Waals surface area contributed by atoms with E-state index < -0.39 is 36.1 Å². The predicted octanol–water partition coefficient (Wildman–Crippen LogP) is 2.26. The number of Topliss-reactive ketones (excluding diaryl/α,β-unsaturated/α-hetero) is 1. The number of nitrogens with zero attached hydrogens (tertiary/aromatic N) is 3. The van der Waals surface area contributed by atoms with Crippen LogP contribution in [0.15, 0.2) is 12.4 Å². The van der Waals surface area contributed by atoms with E-state index in [1.54, 1.807) is 20.8 Å². The van der Waals surface area contributed by atoms with Crippen molar-refractivity contribution in [1.29, 1.82) is 0 Å². The lowest BCUT2D eigenvalue weighted by molar-refractivity contribution is -0.147. The van der Waals surface area contributed by atoms with Crippen LogP contribution in [-0.4, -0.2) is 57.5 Å². The van der Waals surface area contributed by atoms with Gasteiger partial charge in [-0.3, -0.25) is 9.69 Å². The van der Waals surface area contributed by atoms with E-state index in [2.05, 4.69) is 9.97 Å². The standard InChI is InChI=1S/C16H20ClN3O5/c1-16(2,3)25-15(23)20-6-4-5-11(20)13(22)24-9-12(21)10-7-18-14(17)19-8-10/h7-8,11H,4-6,9H2,1-3H3/t11-/m0/s1. The summed E-state index contributed by atoms with van der Waals surface area (Å²) in [5.74, 6) is -1.08. The highest BCUT2D eigenvalue weighted by atomic mass is 35.5. The number of halogens is 1. The number of amides is 1. The van der Waals surface area contributed by atoms with Crippen molar-refractivity contribution in [2.24, 2.45) is 0 Å². The molecule has 0 N–H and O–H groups in total. The lowest BCUT2D eigenvalue weighted by atomic mass is 10.2. The van der Waals surface area contributed by atoms with E-state index >= 15 is 0 Å². The van der Waals surface area contributed by atoms with E-state index in [0.717, 1.165) is 0 Å². The molecule has 1 amide bonds. The van der Waals surface area contributed by atoms with E-state index in [1.165, 1.54) is 17.3 Å². The van der Waals surface area contributed by atoms with Crippen LogP contribution in [0.25, 0.3) is 0 Å². The summed E-state index contributed by atoms with van der Waals surface area (Å²) in [5, 5.41) is 0.0208. The van der Waals surface area contributed by atoms with Gasteiger partial charge in [0.15, 0.2) is 6.61 Å². The molecule has 1 fully saturated rings. The van der Waals surface area contributed by atoms with Crippen LogP contribution in [0.4, 0.5) is 4.79 Å². The second-order valence-electron chi connectivity index (χ2n) is 6.60.